The molecule has 0 aliphatic carbocycles. The van der Waals surface area contributed by atoms with Gasteiger partial charge < -0.3 is 10.1 Å². The molecule has 4 nitrogen and oxygen atoms in total. The van der Waals surface area contributed by atoms with E-state index in [0.29, 0.717) is 6.04 Å². The van der Waals surface area contributed by atoms with Gasteiger partial charge >= 0.3 is 0 Å². The molecule has 84 valence electrons. The molecule has 0 bridgehead atoms. The zero-order valence-electron chi connectivity index (χ0n) is 9.87. The third-order valence-corrected chi connectivity index (χ3v) is 2.12. The Morgan fingerprint density at radius 2 is 2.13 bits per heavy atom. The SMILES string of the molecule is COCCC(C)Nc1cc(C)nc(C)n1. The van der Waals surface area contributed by atoms with Crippen molar-refractivity contribution in [2.45, 2.75) is 33.2 Å². The third-order valence-electron chi connectivity index (χ3n) is 2.12. The summed E-state index contributed by atoms with van der Waals surface area (Å²) < 4.78 is 5.02. The summed E-state index contributed by atoms with van der Waals surface area (Å²) in [6.07, 6.45) is 0.971. The van der Waals surface area contributed by atoms with Crippen molar-refractivity contribution in [3.05, 3.63) is 17.6 Å². The topological polar surface area (TPSA) is 47.0 Å². The molecule has 0 saturated carbocycles. The molecule has 0 amide bonds. The van der Waals surface area contributed by atoms with Crippen LogP contribution in [-0.4, -0.2) is 29.7 Å². The molecule has 1 aromatic rings. The first-order chi connectivity index (χ1) is 7.11. The average Bonchev–Trinajstić information content (AvgIpc) is 2.13. The lowest BCUT2D eigenvalue weighted by atomic mass is 10.2. The van der Waals surface area contributed by atoms with Gasteiger partial charge in [0, 0.05) is 31.5 Å². The maximum atomic E-state index is 5.02. The summed E-state index contributed by atoms with van der Waals surface area (Å²) in [7, 11) is 1.71. The minimum Gasteiger partial charge on any atom is -0.385 e. The van der Waals surface area contributed by atoms with Crippen molar-refractivity contribution < 1.29 is 4.74 Å². The second-order valence-corrected chi connectivity index (χ2v) is 3.77. The molecule has 0 aromatic carbocycles. The van der Waals surface area contributed by atoms with Crippen LogP contribution in [0.2, 0.25) is 0 Å². The van der Waals surface area contributed by atoms with E-state index in [4.69, 9.17) is 4.74 Å². The first kappa shape index (κ1) is 11.9. The van der Waals surface area contributed by atoms with E-state index in [0.717, 1.165) is 30.4 Å². The van der Waals surface area contributed by atoms with E-state index < -0.39 is 0 Å². The fourth-order valence-corrected chi connectivity index (χ4v) is 1.41. The Morgan fingerprint density at radius 1 is 1.40 bits per heavy atom. The normalized spacial score (nSPS) is 12.5. The van der Waals surface area contributed by atoms with Gasteiger partial charge in [0.25, 0.3) is 0 Å². The highest BCUT2D eigenvalue weighted by molar-refractivity contribution is 5.36. The Balaban J connectivity index is 2.56. The molecule has 4 heteroatoms. The van der Waals surface area contributed by atoms with Crippen molar-refractivity contribution in [1.29, 1.82) is 0 Å². The van der Waals surface area contributed by atoms with E-state index in [9.17, 15) is 0 Å². The van der Waals surface area contributed by atoms with E-state index in [2.05, 4.69) is 22.2 Å². The molecule has 1 unspecified atom stereocenters. The fraction of sp³-hybridized carbons (Fsp3) is 0.636. The molecule has 1 rings (SSSR count). The predicted molar refractivity (Wildman–Crippen MR) is 61.1 cm³/mol. The number of aromatic nitrogens is 2. The van der Waals surface area contributed by atoms with Crippen LogP contribution in [0, 0.1) is 13.8 Å². The van der Waals surface area contributed by atoms with Crippen LogP contribution in [0.3, 0.4) is 0 Å². The second-order valence-electron chi connectivity index (χ2n) is 3.77. The molecule has 1 N–H and O–H groups in total. The van der Waals surface area contributed by atoms with Crippen LogP contribution >= 0.6 is 0 Å². The summed E-state index contributed by atoms with van der Waals surface area (Å²) in [5.41, 5.74) is 0.990. The molecule has 0 aliphatic heterocycles. The van der Waals surface area contributed by atoms with Crippen molar-refractivity contribution in [1.82, 2.24) is 9.97 Å². The number of rotatable bonds is 5. The molecule has 0 fully saturated rings. The number of nitrogens with zero attached hydrogens (tertiary/aromatic N) is 2. The molecule has 1 aromatic heterocycles. The Bertz CT molecular complexity index is 294. The number of aryl methyl sites for hydroxylation is 2. The van der Waals surface area contributed by atoms with Crippen molar-refractivity contribution in [2.24, 2.45) is 0 Å². The summed E-state index contributed by atoms with van der Waals surface area (Å²) in [5, 5.41) is 3.33. The van der Waals surface area contributed by atoms with Gasteiger partial charge in [-0.3, -0.25) is 0 Å². The van der Waals surface area contributed by atoms with E-state index in [-0.39, 0.29) is 0 Å². The third kappa shape index (κ3) is 4.25. The van der Waals surface area contributed by atoms with Crippen LogP contribution in [0.5, 0.6) is 0 Å². The first-order valence-electron chi connectivity index (χ1n) is 5.19. The first-order valence-corrected chi connectivity index (χ1v) is 5.19. The Hall–Kier alpha value is -1.16. The van der Waals surface area contributed by atoms with Gasteiger partial charge in [0.15, 0.2) is 0 Å². The van der Waals surface area contributed by atoms with Gasteiger partial charge in [-0.25, -0.2) is 9.97 Å². The van der Waals surface area contributed by atoms with Crippen LogP contribution in [0.4, 0.5) is 5.82 Å². The summed E-state index contributed by atoms with van der Waals surface area (Å²) in [4.78, 5) is 8.55. The zero-order chi connectivity index (χ0) is 11.3. The van der Waals surface area contributed by atoms with Crippen LogP contribution in [-0.2, 0) is 4.74 Å². The van der Waals surface area contributed by atoms with Crippen LogP contribution in [0.15, 0.2) is 6.07 Å². The smallest absolute Gasteiger partial charge is 0.130 e. The van der Waals surface area contributed by atoms with Gasteiger partial charge in [0.05, 0.1) is 0 Å². The molecule has 1 heterocycles. The van der Waals surface area contributed by atoms with Gasteiger partial charge in [0.2, 0.25) is 0 Å². The van der Waals surface area contributed by atoms with E-state index in [1.807, 2.05) is 19.9 Å². The number of hydrogen-bond donors (Lipinski definition) is 1. The van der Waals surface area contributed by atoms with Gasteiger partial charge in [-0.05, 0) is 27.2 Å². The predicted octanol–water partition coefficient (Wildman–Crippen LogP) is 1.93. The molecule has 0 saturated heterocycles. The quantitative estimate of drug-likeness (QED) is 0.805. The summed E-state index contributed by atoms with van der Waals surface area (Å²) >= 11 is 0. The van der Waals surface area contributed by atoms with Gasteiger partial charge in [-0.2, -0.15) is 0 Å². The van der Waals surface area contributed by atoms with E-state index in [1.165, 1.54) is 0 Å². The minimum absolute atomic E-state index is 0.360. The summed E-state index contributed by atoms with van der Waals surface area (Å²) in [5.74, 6) is 1.69. The number of anilines is 1. The highest BCUT2D eigenvalue weighted by Gasteiger charge is 2.03. The van der Waals surface area contributed by atoms with Gasteiger partial charge in [0.1, 0.15) is 11.6 Å². The Morgan fingerprint density at radius 3 is 2.73 bits per heavy atom. The maximum Gasteiger partial charge on any atom is 0.130 e. The Kier molecular flexibility index (Phi) is 4.49. The van der Waals surface area contributed by atoms with Crippen LogP contribution < -0.4 is 5.32 Å². The molecule has 0 radical (unpaired) electrons. The molecule has 1 atom stereocenters. The number of nitrogens with one attached hydrogen (secondary N) is 1. The van der Waals surface area contributed by atoms with Crippen molar-refractivity contribution in [3.63, 3.8) is 0 Å². The van der Waals surface area contributed by atoms with Crippen LogP contribution in [0.1, 0.15) is 24.9 Å². The molecular weight excluding hydrogens is 190 g/mol. The van der Waals surface area contributed by atoms with E-state index in [1.54, 1.807) is 7.11 Å². The van der Waals surface area contributed by atoms with Crippen molar-refractivity contribution in [3.8, 4) is 0 Å². The minimum atomic E-state index is 0.360. The highest BCUT2D eigenvalue weighted by Crippen LogP contribution is 2.08. The lowest BCUT2D eigenvalue weighted by molar-refractivity contribution is 0.191. The molecule has 15 heavy (non-hydrogen) atoms. The average molecular weight is 209 g/mol. The zero-order valence-corrected chi connectivity index (χ0v) is 9.87. The van der Waals surface area contributed by atoms with E-state index >= 15 is 0 Å². The fourth-order valence-electron chi connectivity index (χ4n) is 1.41. The summed E-state index contributed by atoms with van der Waals surface area (Å²) in [6, 6.07) is 2.31. The number of methoxy groups -OCH3 is 1. The standard InChI is InChI=1S/C11H19N3O/c1-8(5-6-15-4)13-11-7-9(2)12-10(3)14-11/h7-8H,5-6H2,1-4H3,(H,12,13,14). The molecular formula is C11H19N3O. The monoisotopic (exact) mass is 209 g/mol. The van der Waals surface area contributed by atoms with Crippen molar-refractivity contribution >= 4 is 5.82 Å². The van der Waals surface area contributed by atoms with Gasteiger partial charge in [-0.1, -0.05) is 0 Å². The largest absolute Gasteiger partial charge is 0.385 e. The molecule has 0 spiro atoms. The lowest BCUT2D eigenvalue weighted by Gasteiger charge is -2.14. The second kappa shape index (κ2) is 5.66. The molecule has 0 aliphatic rings. The highest BCUT2D eigenvalue weighted by atomic mass is 16.5. The summed E-state index contributed by atoms with van der Waals surface area (Å²) in [6.45, 7) is 6.75. The maximum absolute atomic E-state index is 5.02. The lowest BCUT2D eigenvalue weighted by Crippen LogP contribution is -2.18. The van der Waals surface area contributed by atoms with Crippen molar-refractivity contribution in [2.75, 3.05) is 19.0 Å². The Labute approximate surface area is 91.1 Å². The number of ether oxygens (including phenoxy) is 1. The number of hydrogen-bond acceptors (Lipinski definition) is 4. The van der Waals surface area contributed by atoms with Crippen LogP contribution in [0.25, 0.3) is 0 Å². The van der Waals surface area contributed by atoms with Gasteiger partial charge in [-0.15, -0.1) is 0 Å².